The van der Waals surface area contributed by atoms with Crippen LogP contribution in [0.2, 0.25) is 0 Å². The fraction of sp³-hybridized carbons (Fsp3) is 0.364. The van der Waals surface area contributed by atoms with E-state index in [9.17, 15) is 4.79 Å². The predicted molar refractivity (Wildman–Crippen MR) is 116 cm³/mol. The second kappa shape index (κ2) is 6.91. The number of hydrogen-bond donors (Lipinski definition) is 1. The highest BCUT2D eigenvalue weighted by Crippen LogP contribution is 2.24. The van der Waals surface area contributed by atoms with Crippen LogP contribution >= 0.6 is 0 Å². The van der Waals surface area contributed by atoms with Crippen LogP contribution in [-0.2, 0) is 0 Å². The molecule has 4 aromatic heterocycles. The largest absolute Gasteiger partial charge is 0.403 e. The van der Waals surface area contributed by atoms with Gasteiger partial charge >= 0.3 is 5.63 Å². The van der Waals surface area contributed by atoms with E-state index in [4.69, 9.17) is 4.42 Å². The second-order valence-corrected chi connectivity index (χ2v) is 8.21. The SMILES string of the molecule is Cc1cn2cc(-c3cc4ccc(N5C[C@@H](C)N[C@@H](C)C5)nc4oc3=O)nc2c(C)n1. The Morgan fingerprint density at radius 2 is 1.83 bits per heavy atom. The van der Waals surface area contributed by atoms with Crippen LogP contribution in [-0.4, -0.2) is 44.5 Å². The van der Waals surface area contributed by atoms with Gasteiger partial charge < -0.3 is 19.0 Å². The normalized spacial score (nSPS) is 19.7. The first-order valence-corrected chi connectivity index (χ1v) is 10.2. The topological polar surface area (TPSA) is 88.6 Å². The molecule has 30 heavy (non-hydrogen) atoms. The molecule has 0 radical (unpaired) electrons. The lowest BCUT2D eigenvalue weighted by molar-refractivity contribution is 0.405. The third-order valence-corrected chi connectivity index (χ3v) is 5.47. The Kier molecular flexibility index (Phi) is 4.32. The number of hydrogen-bond acceptors (Lipinski definition) is 7. The summed E-state index contributed by atoms with van der Waals surface area (Å²) in [5.41, 5.74) is 3.32. The fourth-order valence-electron chi connectivity index (χ4n) is 4.29. The molecule has 5 heterocycles. The second-order valence-electron chi connectivity index (χ2n) is 8.21. The van der Waals surface area contributed by atoms with Crippen molar-refractivity contribution in [3.05, 3.63) is 52.4 Å². The van der Waals surface area contributed by atoms with Crippen molar-refractivity contribution in [2.24, 2.45) is 0 Å². The molecular weight excluding hydrogens is 380 g/mol. The van der Waals surface area contributed by atoms with Crippen molar-refractivity contribution in [1.29, 1.82) is 0 Å². The summed E-state index contributed by atoms with van der Waals surface area (Å²) in [5, 5.41) is 4.28. The average Bonchev–Trinajstić information content (AvgIpc) is 3.10. The molecular formula is C22H24N6O2. The standard InChI is InChI=1S/C22H24N6O2/c1-12-8-27(9-13(2)23-12)19-6-5-16-7-17(22(29)30-21(16)26-19)18-11-28-10-14(3)24-15(4)20(28)25-18/h5-7,10-13,23H,8-9H2,1-4H3/t12-,13+. The van der Waals surface area contributed by atoms with E-state index in [1.165, 1.54) is 0 Å². The zero-order valence-electron chi connectivity index (χ0n) is 17.5. The number of rotatable bonds is 2. The molecule has 2 atom stereocenters. The summed E-state index contributed by atoms with van der Waals surface area (Å²) in [4.78, 5) is 28.7. The van der Waals surface area contributed by atoms with Gasteiger partial charge in [-0.25, -0.2) is 9.78 Å². The van der Waals surface area contributed by atoms with E-state index in [-0.39, 0.29) is 0 Å². The van der Waals surface area contributed by atoms with Gasteiger partial charge in [-0.15, -0.1) is 0 Å². The van der Waals surface area contributed by atoms with Crippen molar-refractivity contribution in [1.82, 2.24) is 24.7 Å². The van der Waals surface area contributed by atoms with Gasteiger partial charge in [-0.1, -0.05) is 0 Å². The molecule has 4 aromatic rings. The van der Waals surface area contributed by atoms with E-state index in [1.807, 2.05) is 42.8 Å². The summed E-state index contributed by atoms with van der Waals surface area (Å²) in [5.74, 6) is 0.823. The molecule has 1 aliphatic rings. The number of aryl methyl sites for hydroxylation is 2. The van der Waals surface area contributed by atoms with E-state index in [0.29, 0.717) is 29.1 Å². The number of piperazine rings is 1. The van der Waals surface area contributed by atoms with Crippen molar-refractivity contribution in [2.45, 2.75) is 39.8 Å². The first-order valence-electron chi connectivity index (χ1n) is 10.2. The third kappa shape index (κ3) is 3.23. The highest BCUT2D eigenvalue weighted by molar-refractivity contribution is 5.80. The Morgan fingerprint density at radius 1 is 1.07 bits per heavy atom. The van der Waals surface area contributed by atoms with E-state index in [0.717, 1.165) is 41.3 Å². The number of anilines is 1. The molecule has 0 unspecified atom stereocenters. The van der Waals surface area contributed by atoms with E-state index in [1.54, 1.807) is 6.07 Å². The van der Waals surface area contributed by atoms with Crippen molar-refractivity contribution in [3.63, 3.8) is 0 Å². The van der Waals surface area contributed by atoms with Gasteiger partial charge in [-0.05, 0) is 45.9 Å². The highest BCUT2D eigenvalue weighted by Gasteiger charge is 2.22. The molecule has 0 aromatic carbocycles. The molecule has 0 aliphatic carbocycles. The summed E-state index contributed by atoms with van der Waals surface area (Å²) in [6.45, 7) is 9.87. The van der Waals surface area contributed by atoms with Gasteiger partial charge in [-0.3, -0.25) is 4.98 Å². The maximum Gasteiger partial charge on any atom is 0.347 e. The predicted octanol–water partition coefficient (Wildman–Crippen LogP) is 2.70. The molecule has 0 bridgehead atoms. The molecule has 5 rings (SSSR count). The Hall–Kier alpha value is -3.26. The zero-order chi connectivity index (χ0) is 21.0. The van der Waals surface area contributed by atoms with Crippen LogP contribution in [0, 0.1) is 13.8 Å². The minimum absolute atomic E-state index is 0.345. The van der Waals surface area contributed by atoms with Crippen LogP contribution < -0.4 is 15.8 Å². The number of nitrogens with one attached hydrogen (secondary N) is 1. The van der Waals surface area contributed by atoms with Crippen molar-refractivity contribution < 1.29 is 4.42 Å². The van der Waals surface area contributed by atoms with Crippen molar-refractivity contribution in [2.75, 3.05) is 18.0 Å². The summed E-state index contributed by atoms with van der Waals surface area (Å²) >= 11 is 0. The Labute approximate surface area is 173 Å². The molecule has 8 nitrogen and oxygen atoms in total. The van der Waals surface area contributed by atoms with Gasteiger partial charge in [0.2, 0.25) is 5.71 Å². The summed E-state index contributed by atoms with van der Waals surface area (Å²) in [7, 11) is 0. The van der Waals surface area contributed by atoms with E-state index in [2.05, 4.69) is 39.0 Å². The number of pyridine rings is 1. The van der Waals surface area contributed by atoms with Crippen LogP contribution in [0.5, 0.6) is 0 Å². The van der Waals surface area contributed by atoms with Crippen LogP contribution in [0.25, 0.3) is 28.0 Å². The maximum atomic E-state index is 12.8. The smallest absolute Gasteiger partial charge is 0.347 e. The minimum atomic E-state index is -0.445. The van der Waals surface area contributed by atoms with Crippen molar-refractivity contribution >= 4 is 22.6 Å². The molecule has 1 N–H and O–H groups in total. The Bertz CT molecular complexity index is 1310. The van der Waals surface area contributed by atoms with Crippen molar-refractivity contribution in [3.8, 4) is 11.3 Å². The maximum absolute atomic E-state index is 12.8. The molecule has 1 saturated heterocycles. The number of nitrogens with zero attached hydrogens (tertiary/aromatic N) is 5. The average molecular weight is 404 g/mol. The number of aromatic nitrogens is 4. The Balaban J connectivity index is 1.56. The summed E-state index contributed by atoms with van der Waals surface area (Å²) < 4.78 is 7.50. The fourth-order valence-corrected chi connectivity index (χ4v) is 4.29. The van der Waals surface area contributed by atoms with Gasteiger partial charge in [0.1, 0.15) is 5.82 Å². The van der Waals surface area contributed by atoms with Gasteiger partial charge in [-0.2, -0.15) is 4.98 Å². The first kappa shape index (κ1) is 18.7. The highest BCUT2D eigenvalue weighted by atomic mass is 16.4. The quantitative estimate of drug-likeness (QED) is 0.549. The monoisotopic (exact) mass is 404 g/mol. The molecule has 0 saturated carbocycles. The lowest BCUT2D eigenvalue weighted by Crippen LogP contribution is -2.54. The lowest BCUT2D eigenvalue weighted by atomic mass is 10.1. The molecule has 0 spiro atoms. The minimum Gasteiger partial charge on any atom is -0.403 e. The van der Waals surface area contributed by atoms with Crippen LogP contribution in [0.15, 0.2) is 39.8 Å². The number of fused-ring (bicyclic) bond motifs is 2. The third-order valence-electron chi connectivity index (χ3n) is 5.47. The Morgan fingerprint density at radius 3 is 2.60 bits per heavy atom. The van der Waals surface area contributed by atoms with Crippen LogP contribution in [0.4, 0.5) is 5.82 Å². The van der Waals surface area contributed by atoms with Crippen LogP contribution in [0.1, 0.15) is 25.2 Å². The molecule has 0 amide bonds. The summed E-state index contributed by atoms with van der Waals surface area (Å²) in [6, 6.07) is 6.49. The molecule has 8 heteroatoms. The summed E-state index contributed by atoms with van der Waals surface area (Å²) in [6.07, 6.45) is 3.73. The van der Waals surface area contributed by atoms with Gasteiger partial charge in [0, 0.05) is 43.0 Å². The first-order chi connectivity index (χ1) is 14.4. The van der Waals surface area contributed by atoms with Gasteiger partial charge in [0.05, 0.1) is 22.6 Å². The van der Waals surface area contributed by atoms with Crippen LogP contribution in [0.3, 0.4) is 0 Å². The number of imidazole rings is 1. The van der Waals surface area contributed by atoms with E-state index >= 15 is 0 Å². The molecule has 1 aliphatic heterocycles. The van der Waals surface area contributed by atoms with E-state index < -0.39 is 5.63 Å². The zero-order valence-corrected chi connectivity index (χ0v) is 17.5. The molecule has 1 fully saturated rings. The van der Waals surface area contributed by atoms with Gasteiger partial charge in [0.25, 0.3) is 0 Å². The van der Waals surface area contributed by atoms with Gasteiger partial charge in [0.15, 0.2) is 5.65 Å². The lowest BCUT2D eigenvalue weighted by Gasteiger charge is -2.36. The molecule has 154 valence electrons.